The molecule has 0 aliphatic carbocycles. The summed E-state index contributed by atoms with van der Waals surface area (Å²) < 4.78 is 15.9. The van der Waals surface area contributed by atoms with Crippen LogP contribution >= 0.6 is 0 Å². The fourth-order valence-corrected chi connectivity index (χ4v) is 3.72. The molecular weight excluding hydrogens is 424 g/mol. The molecule has 4 rings (SSSR count). The molecule has 0 unspecified atom stereocenters. The first-order valence-electron chi connectivity index (χ1n) is 10.6. The second-order valence-electron chi connectivity index (χ2n) is 7.61. The third kappa shape index (κ3) is 4.19. The smallest absolute Gasteiger partial charge is 0.301 e. The Labute approximate surface area is 191 Å². The van der Waals surface area contributed by atoms with Crippen LogP contribution in [0.15, 0.2) is 64.7 Å². The van der Waals surface area contributed by atoms with Gasteiger partial charge in [0.15, 0.2) is 5.82 Å². The molecule has 8 nitrogen and oxygen atoms in total. The Kier molecular flexibility index (Phi) is 6.17. The van der Waals surface area contributed by atoms with E-state index < -0.39 is 17.7 Å². The van der Waals surface area contributed by atoms with Crippen molar-refractivity contribution in [2.75, 3.05) is 18.6 Å². The number of aliphatic hydroxyl groups excluding tert-OH is 1. The number of anilines is 1. The third-order valence-electron chi connectivity index (χ3n) is 5.34. The summed E-state index contributed by atoms with van der Waals surface area (Å²) in [5.41, 5.74) is 0.972. The molecule has 2 heterocycles. The summed E-state index contributed by atoms with van der Waals surface area (Å²) in [4.78, 5) is 27.4. The molecule has 1 aliphatic heterocycles. The third-order valence-corrected chi connectivity index (χ3v) is 5.34. The van der Waals surface area contributed by atoms with Gasteiger partial charge in [0.05, 0.1) is 25.3 Å². The minimum atomic E-state index is -0.892. The van der Waals surface area contributed by atoms with E-state index in [0.717, 1.165) is 6.42 Å². The number of carbonyl (C=O) groups is 2. The second-order valence-corrected chi connectivity index (χ2v) is 7.61. The molecule has 1 atom stereocenters. The maximum atomic E-state index is 13.1. The number of hydrogen-bond acceptors (Lipinski definition) is 7. The number of aryl methyl sites for hydroxylation is 1. The highest BCUT2D eigenvalue weighted by atomic mass is 16.5. The standard InChI is InChI=1S/C25H24N2O6/c1-4-13-32-19-11-7-17(8-12-19)23(28)21-22(16-5-9-18(31-3)10-6-16)27(25(30)24(21)29)20-14-15(2)33-26-20/h5-12,14,22,28H,4,13H2,1-3H3/t22-/m1/s1. The van der Waals surface area contributed by atoms with Gasteiger partial charge in [0.1, 0.15) is 23.0 Å². The average molecular weight is 448 g/mol. The van der Waals surface area contributed by atoms with Crippen LogP contribution in [0.25, 0.3) is 5.76 Å². The zero-order valence-electron chi connectivity index (χ0n) is 18.6. The number of methoxy groups -OCH3 is 1. The minimum Gasteiger partial charge on any atom is -0.507 e. The summed E-state index contributed by atoms with van der Waals surface area (Å²) in [6.07, 6.45) is 0.870. The molecule has 8 heteroatoms. The van der Waals surface area contributed by atoms with E-state index in [-0.39, 0.29) is 17.2 Å². The molecule has 1 amide bonds. The van der Waals surface area contributed by atoms with Gasteiger partial charge in [-0.2, -0.15) is 0 Å². The molecule has 1 saturated heterocycles. The first-order valence-corrected chi connectivity index (χ1v) is 10.6. The first kappa shape index (κ1) is 22.1. The van der Waals surface area contributed by atoms with Crippen LogP contribution in [0.2, 0.25) is 0 Å². The number of carbonyl (C=O) groups excluding carboxylic acids is 2. The van der Waals surface area contributed by atoms with Gasteiger partial charge in [-0.3, -0.25) is 14.5 Å². The van der Waals surface area contributed by atoms with Crippen molar-refractivity contribution in [3.05, 3.63) is 77.1 Å². The van der Waals surface area contributed by atoms with Crippen molar-refractivity contribution in [3.63, 3.8) is 0 Å². The molecule has 0 radical (unpaired) electrons. The van der Waals surface area contributed by atoms with Crippen LogP contribution in [0.4, 0.5) is 5.82 Å². The van der Waals surface area contributed by atoms with Crippen molar-refractivity contribution in [1.82, 2.24) is 5.16 Å². The molecule has 0 bridgehead atoms. The number of benzene rings is 2. The molecule has 3 aromatic rings. The Morgan fingerprint density at radius 2 is 1.76 bits per heavy atom. The maximum absolute atomic E-state index is 13.1. The van der Waals surface area contributed by atoms with Crippen molar-refractivity contribution >= 4 is 23.3 Å². The van der Waals surface area contributed by atoms with Gasteiger partial charge in [-0.25, -0.2) is 0 Å². The van der Waals surface area contributed by atoms with Crippen LogP contribution < -0.4 is 14.4 Å². The molecule has 0 saturated carbocycles. The van der Waals surface area contributed by atoms with E-state index in [1.807, 2.05) is 6.92 Å². The minimum absolute atomic E-state index is 0.0342. The summed E-state index contributed by atoms with van der Waals surface area (Å²) in [5, 5.41) is 15.1. The number of aliphatic hydroxyl groups is 1. The number of ketones is 1. The number of nitrogens with zero attached hydrogens (tertiary/aromatic N) is 2. The van der Waals surface area contributed by atoms with E-state index in [1.54, 1.807) is 68.6 Å². The highest BCUT2D eigenvalue weighted by molar-refractivity contribution is 6.51. The molecule has 0 spiro atoms. The molecule has 1 aromatic heterocycles. The largest absolute Gasteiger partial charge is 0.507 e. The van der Waals surface area contributed by atoms with Gasteiger partial charge in [0.2, 0.25) is 0 Å². The number of ether oxygens (including phenoxy) is 2. The number of amides is 1. The van der Waals surface area contributed by atoms with Crippen LogP contribution in [0, 0.1) is 6.92 Å². The highest BCUT2D eigenvalue weighted by Crippen LogP contribution is 2.42. The lowest BCUT2D eigenvalue weighted by molar-refractivity contribution is -0.132. The molecule has 1 N–H and O–H groups in total. The lowest BCUT2D eigenvalue weighted by atomic mass is 9.95. The van der Waals surface area contributed by atoms with Crippen molar-refractivity contribution in [3.8, 4) is 11.5 Å². The quantitative estimate of drug-likeness (QED) is 0.325. The molecule has 1 fully saturated rings. The summed E-state index contributed by atoms with van der Waals surface area (Å²) in [7, 11) is 1.55. The number of hydrogen-bond donors (Lipinski definition) is 1. The van der Waals surface area contributed by atoms with Crippen LogP contribution in [-0.2, 0) is 9.59 Å². The van der Waals surface area contributed by atoms with Gasteiger partial charge in [0.25, 0.3) is 5.78 Å². The lowest BCUT2D eigenvalue weighted by Crippen LogP contribution is -2.29. The van der Waals surface area contributed by atoms with Gasteiger partial charge in [-0.05, 0) is 55.3 Å². The maximum Gasteiger partial charge on any atom is 0.301 e. The van der Waals surface area contributed by atoms with Gasteiger partial charge in [-0.1, -0.05) is 24.2 Å². The van der Waals surface area contributed by atoms with E-state index in [0.29, 0.717) is 35.0 Å². The van der Waals surface area contributed by atoms with Crippen molar-refractivity contribution in [1.29, 1.82) is 0 Å². The fourth-order valence-electron chi connectivity index (χ4n) is 3.72. The van der Waals surface area contributed by atoms with Crippen molar-refractivity contribution in [2.45, 2.75) is 26.3 Å². The monoisotopic (exact) mass is 448 g/mol. The average Bonchev–Trinajstić information content (AvgIpc) is 3.38. The Morgan fingerprint density at radius 1 is 1.09 bits per heavy atom. The van der Waals surface area contributed by atoms with Gasteiger partial charge < -0.3 is 19.1 Å². The molecular formula is C25H24N2O6. The van der Waals surface area contributed by atoms with Gasteiger partial charge in [0, 0.05) is 11.6 Å². The Morgan fingerprint density at radius 3 is 2.33 bits per heavy atom. The van der Waals surface area contributed by atoms with Crippen LogP contribution in [-0.4, -0.2) is 35.7 Å². The number of rotatable bonds is 7. The molecule has 33 heavy (non-hydrogen) atoms. The van der Waals surface area contributed by atoms with Gasteiger partial charge in [-0.15, -0.1) is 0 Å². The predicted octanol–water partition coefficient (Wildman–Crippen LogP) is 4.41. The number of aromatic nitrogens is 1. The highest BCUT2D eigenvalue weighted by Gasteiger charge is 2.48. The van der Waals surface area contributed by atoms with Crippen molar-refractivity contribution < 1.29 is 28.7 Å². The van der Waals surface area contributed by atoms with E-state index in [2.05, 4.69) is 5.16 Å². The Hall–Kier alpha value is -4.07. The predicted molar refractivity (Wildman–Crippen MR) is 121 cm³/mol. The van der Waals surface area contributed by atoms with E-state index in [4.69, 9.17) is 14.0 Å². The zero-order valence-corrected chi connectivity index (χ0v) is 18.6. The second kappa shape index (κ2) is 9.20. The topological polar surface area (TPSA) is 102 Å². The lowest BCUT2D eigenvalue weighted by Gasteiger charge is -2.23. The summed E-state index contributed by atoms with van der Waals surface area (Å²) in [6.45, 7) is 4.28. The van der Waals surface area contributed by atoms with Gasteiger partial charge >= 0.3 is 5.91 Å². The first-order chi connectivity index (χ1) is 15.9. The fraction of sp³-hybridized carbons (Fsp3) is 0.240. The zero-order chi connectivity index (χ0) is 23.5. The molecule has 2 aromatic carbocycles. The van der Waals surface area contributed by atoms with Crippen LogP contribution in [0.3, 0.4) is 0 Å². The van der Waals surface area contributed by atoms with E-state index in [9.17, 15) is 14.7 Å². The van der Waals surface area contributed by atoms with E-state index in [1.165, 1.54) is 4.90 Å². The molecule has 170 valence electrons. The van der Waals surface area contributed by atoms with Crippen LogP contribution in [0.1, 0.15) is 36.3 Å². The summed E-state index contributed by atoms with van der Waals surface area (Å²) in [5.74, 6) is 0.0721. The number of Topliss-reactive ketones (excluding diaryl/α,β-unsaturated/α-hetero) is 1. The normalized spacial score (nSPS) is 17.4. The van der Waals surface area contributed by atoms with E-state index >= 15 is 0 Å². The molecule has 1 aliphatic rings. The Bertz CT molecular complexity index is 1190. The van der Waals surface area contributed by atoms with Crippen molar-refractivity contribution in [2.24, 2.45) is 0 Å². The summed E-state index contributed by atoms with van der Waals surface area (Å²) >= 11 is 0. The van der Waals surface area contributed by atoms with Crippen LogP contribution in [0.5, 0.6) is 11.5 Å². The summed E-state index contributed by atoms with van der Waals surface area (Å²) in [6, 6.07) is 14.3. The Balaban J connectivity index is 1.83. The SMILES string of the molecule is CCCOc1ccc(C(O)=C2C(=O)C(=O)N(c3cc(C)on3)[C@@H]2c2ccc(OC)cc2)cc1.